The van der Waals surface area contributed by atoms with Crippen LogP contribution in [0.5, 0.6) is 5.75 Å². The molecule has 0 atom stereocenters. The van der Waals surface area contributed by atoms with Gasteiger partial charge in [-0.1, -0.05) is 0 Å². The molecule has 1 aromatic carbocycles. The molecule has 0 unspecified atom stereocenters. The maximum absolute atomic E-state index is 12.3. The highest BCUT2D eigenvalue weighted by Crippen LogP contribution is 2.40. The van der Waals surface area contributed by atoms with Gasteiger partial charge in [0.15, 0.2) is 0 Å². The molecule has 1 heterocycles. The molecule has 0 aliphatic rings. The highest BCUT2D eigenvalue weighted by molar-refractivity contribution is 8.04. The lowest BCUT2D eigenvalue weighted by Gasteiger charge is -2.08. The van der Waals surface area contributed by atoms with E-state index in [9.17, 15) is 9.59 Å². The second kappa shape index (κ2) is 9.85. The normalized spacial score (nSPS) is 10.0. The Kier molecular flexibility index (Phi) is 7.52. The van der Waals surface area contributed by atoms with Crippen LogP contribution >= 0.6 is 23.1 Å². The second-order valence-electron chi connectivity index (χ2n) is 5.16. The number of carbonyl (C=O) groups excluding carboxylic acids is 2. The summed E-state index contributed by atoms with van der Waals surface area (Å²) in [4.78, 5) is 25.3. The van der Waals surface area contributed by atoms with E-state index in [2.05, 4.69) is 10.6 Å². The van der Waals surface area contributed by atoms with E-state index in [1.807, 2.05) is 12.3 Å². The number of ether oxygens (including phenoxy) is 2. The molecule has 7 nitrogen and oxygen atoms in total. The molecule has 0 saturated carbocycles. The van der Waals surface area contributed by atoms with Gasteiger partial charge in [-0.25, -0.2) is 9.59 Å². The molecular weight excluding hydrogens is 386 g/mol. The van der Waals surface area contributed by atoms with E-state index < -0.39 is 12.0 Å². The minimum atomic E-state index is -0.476. The third-order valence-corrected chi connectivity index (χ3v) is 5.47. The number of nitriles is 1. The second-order valence-corrected chi connectivity index (χ2v) is 6.98. The number of anilines is 2. The van der Waals surface area contributed by atoms with E-state index in [0.29, 0.717) is 38.4 Å². The minimum absolute atomic E-state index is 0.248. The van der Waals surface area contributed by atoms with Crippen molar-refractivity contribution >= 4 is 45.8 Å². The molecule has 0 aliphatic carbocycles. The lowest BCUT2D eigenvalue weighted by atomic mass is 10.3. The average molecular weight is 406 g/mol. The van der Waals surface area contributed by atoms with Crippen LogP contribution in [-0.2, 0) is 4.74 Å². The minimum Gasteiger partial charge on any atom is -0.494 e. The molecule has 2 amide bonds. The number of esters is 1. The molecule has 0 saturated heterocycles. The molecule has 0 spiro atoms. The summed E-state index contributed by atoms with van der Waals surface area (Å²) in [6, 6.07) is 6.48. The van der Waals surface area contributed by atoms with Crippen molar-refractivity contribution in [3.63, 3.8) is 0 Å². The van der Waals surface area contributed by atoms with Crippen molar-refractivity contribution in [2.45, 2.75) is 25.7 Å². The summed E-state index contributed by atoms with van der Waals surface area (Å²) in [5, 5.41) is 16.8. The quantitative estimate of drug-likeness (QED) is 0.388. The number of nitrogens with one attached hydrogen (secondary N) is 2. The molecule has 0 fully saturated rings. The molecule has 2 aromatic rings. The van der Waals surface area contributed by atoms with Gasteiger partial charge in [-0.05, 0) is 62.4 Å². The number of thioether (sulfide) groups is 1. The summed E-state index contributed by atoms with van der Waals surface area (Å²) in [6.45, 7) is 6.14. The molecular formula is C18H19N3O4S2. The van der Waals surface area contributed by atoms with Crippen LogP contribution in [0.2, 0.25) is 0 Å². The standard InChI is InChI=1S/C18H19N3O4S2/c1-4-24-13-8-6-12(7-9-13)20-18(23)21-16-14(26-10-19)11(3)15(27-16)17(22)25-5-2/h6-9H,4-5H2,1-3H3,(H2,20,21,23). The maximum Gasteiger partial charge on any atom is 0.348 e. The zero-order valence-electron chi connectivity index (χ0n) is 15.1. The van der Waals surface area contributed by atoms with Crippen molar-refractivity contribution in [2.24, 2.45) is 0 Å². The van der Waals surface area contributed by atoms with E-state index >= 15 is 0 Å². The molecule has 0 bridgehead atoms. The smallest absolute Gasteiger partial charge is 0.348 e. The zero-order valence-corrected chi connectivity index (χ0v) is 16.8. The highest BCUT2D eigenvalue weighted by atomic mass is 32.2. The fraction of sp³-hybridized carbons (Fsp3) is 0.278. The Labute approximate surface area is 165 Å². The molecule has 0 radical (unpaired) electrons. The van der Waals surface area contributed by atoms with Crippen LogP contribution < -0.4 is 15.4 Å². The van der Waals surface area contributed by atoms with Gasteiger partial charge in [0.1, 0.15) is 21.0 Å². The van der Waals surface area contributed by atoms with Gasteiger partial charge in [-0.2, -0.15) is 5.26 Å². The Balaban J connectivity index is 2.15. The number of hydrogen-bond acceptors (Lipinski definition) is 7. The summed E-state index contributed by atoms with van der Waals surface area (Å²) in [6.07, 6.45) is 0. The summed E-state index contributed by atoms with van der Waals surface area (Å²) < 4.78 is 10.4. The Morgan fingerprint density at radius 1 is 1.19 bits per heavy atom. The summed E-state index contributed by atoms with van der Waals surface area (Å²) in [5.41, 5.74) is 1.20. The predicted molar refractivity (Wildman–Crippen MR) is 107 cm³/mol. The van der Waals surface area contributed by atoms with E-state index in [-0.39, 0.29) is 6.61 Å². The Morgan fingerprint density at radius 3 is 2.48 bits per heavy atom. The fourth-order valence-electron chi connectivity index (χ4n) is 2.21. The van der Waals surface area contributed by atoms with Gasteiger partial charge in [0.25, 0.3) is 0 Å². The van der Waals surface area contributed by atoms with E-state index in [1.165, 1.54) is 0 Å². The van der Waals surface area contributed by atoms with Crippen molar-refractivity contribution < 1.29 is 19.1 Å². The molecule has 0 aliphatic heterocycles. The van der Waals surface area contributed by atoms with Gasteiger partial charge in [0, 0.05) is 5.69 Å². The Bertz CT molecular complexity index is 857. The van der Waals surface area contributed by atoms with Gasteiger partial charge in [-0.15, -0.1) is 11.3 Å². The number of urea groups is 1. The number of thiophene rings is 1. The number of benzene rings is 1. The van der Waals surface area contributed by atoms with Crippen LogP contribution in [0.25, 0.3) is 0 Å². The highest BCUT2D eigenvalue weighted by Gasteiger charge is 2.22. The van der Waals surface area contributed by atoms with Gasteiger partial charge >= 0.3 is 12.0 Å². The SMILES string of the molecule is CCOC(=O)c1sc(NC(=O)Nc2ccc(OCC)cc2)c(SC#N)c1C. The van der Waals surface area contributed by atoms with E-state index in [0.717, 1.165) is 23.1 Å². The van der Waals surface area contributed by atoms with Crippen molar-refractivity contribution in [3.8, 4) is 11.2 Å². The summed E-state index contributed by atoms with van der Waals surface area (Å²) in [7, 11) is 0. The predicted octanol–water partition coefficient (Wildman–Crippen LogP) is 4.85. The first-order valence-electron chi connectivity index (χ1n) is 8.17. The molecule has 2 rings (SSSR count). The number of amides is 2. The third kappa shape index (κ3) is 5.39. The van der Waals surface area contributed by atoms with Crippen LogP contribution in [-0.4, -0.2) is 25.2 Å². The van der Waals surface area contributed by atoms with Gasteiger partial charge in [-0.3, -0.25) is 5.32 Å². The average Bonchev–Trinajstić information content (AvgIpc) is 2.94. The van der Waals surface area contributed by atoms with Crippen molar-refractivity contribution in [2.75, 3.05) is 23.8 Å². The number of thiocyanates is 1. The fourth-order valence-corrected chi connectivity index (χ4v) is 4.00. The lowest BCUT2D eigenvalue weighted by molar-refractivity contribution is 0.0531. The molecule has 27 heavy (non-hydrogen) atoms. The number of nitrogens with zero attached hydrogens (tertiary/aromatic N) is 1. The van der Waals surface area contributed by atoms with Crippen LogP contribution in [0.1, 0.15) is 29.1 Å². The van der Waals surface area contributed by atoms with Crippen molar-refractivity contribution in [1.29, 1.82) is 5.26 Å². The molecule has 1 aromatic heterocycles. The maximum atomic E-state index is 12.3. The Morgan fingerprint density at radius 2 is 1.89 bits per heavy atom. The summed E-state index contributed by atoms with van der Waals surface area (Å²) >= 11 is 1.97. The van der Waals surface area contributed by atoms with Crippen LogP contribution in [0, 0.1) is 17.6 Å². The first-order chi connectivity index (χ1) is 13.0. The van der Waals surface area contributed by atoms with E-state index in [1.54, 1.807) is 38.1 Å². The molecule has 142 valence electrons. The largest absolute Gasteiger partial charge is 0.494 e. The number of rotatable bonds is 7. The van der Waals surface area contributed by atoms with E-state index in [4.69, 9.17) is 14.7 Å². The molecule has 2 N–H and O–H groups in total. The van der Waals surface area contributed by atoms with Crippen LogP contribution in [0.3, 0.4) is 0 Å². The van der Waals surface area contributed by atoms with Crippen LogP contribution in [0.4, 0.5) is 15.5 Å². The third-order valence-electron chi connectivity index (χ3n) is 3.35. The topological polar surface area (TPSA) is 100 Å². The first-order valence-corrected chi connectivity index (χ1v) is 9.80. The number of carbonyl (C=O) groups is 2. The van der Waals surface area contributed by atoms with Gasteiger partial charge in [0.2, 0.25) is 0 Å². The van der Waals surface area contributed by atoms with Crippen LogP contribution in [0.15, 0.2) is 29.2 Å². The zero-order chi connectivity index (χ0) is 19.8. The van der Waals surface area contributed by atoms with Gasteiger partial charge < -0.3 is 14.8 Å². The molecule has 9 heteroatoms. The Hall–Kier alpha value is -2.70. The number of hydrogen-bond donors (Lipinski definition) is 2. The first kappa shape index (κ1) is 20.6. The van der Waals surface area contributed by atoms with Crippen molar-refractivity contribution in [1.82, 2.24) is 0 Å². The van der Waals surface area contributed by atoms with Crippen molar-refractivity contribution in [3.05, 3.63) is 34.7 Å². The lowest BCUT2D eigenvalue weighted by Crippen LogP contribution is -2.19. The monoisotopic (exact) mass is 405 g/mol. The van der Waals surface area contributed by atoms with Gasteiger partial charge in [0.05, 0.1) is 18.1 Å². The summed E-state index contributed by atoms with van der Waals surface area (Å²) in [5.74, 6) is 0.240.